The van der Waals surface area contributed by atoms with Crippen LogP contribution in [0.3, 0.4) is 0 Å². The monoisotopic (exact) mass is 284 g/mol. The molecule has 18 heavy (non-hydrogen) atoms. The van der Waals surface area contributed by atoms with Gasteiger partial charge in [-0.3, -0.25) is 5.10 Å². The van der Waals surface area contributed by atoms with Crippen molar-refractivity contribution in [1.29, 1.82) is 0 Å². The number of carbonyl (C=O) groups excluding carboxylic acids is 1. The van der Waals surface area contributed by atoms with Crippen molar-refractivity contribution >= 4 is 34.9 Å². The largest absolute Gasteiger partial charge is 0.334 e. The minimum Gasteiger partial charge on any atom is -0.334 e. The van der Waals surface area contributed by atoms with Gasteiger partial charge in [0.25, 0.3) is 0 Å². The highest BCUT2D eigenvalue weighted by Gasteiger charge is 2.04. The van der Waals surface area contributed by atoms with E-state index in [0.29, 0.717) is 22.3 Å². The molecule has 0 aliphatic heterocycles. The Hall–Kier alpha value is -1.72. The topological polar surface area (TPSA) is 69.8 Å². The number of nitrogens with one attached hydrogen (secondary N) is 3. The molecule has 0 aliphatic carbocycles. The van der Waals surface area contributed by atoms with Gasteiger partial charge in [0.2, 0.25) is 0 Å². The van der Waals surface area contributed by atoms with Crippen LogP contribution < -0.4 is 10.6 Å². The highest BCUT2D eigenvalue weighted by atomic mass is 35.5. The van der Waals surface area contributed by atoms with Crippen LogP contribution in [0.2, 0.25) is 10.0 Å². The lowest BCUT2D eigenvalue weighted by molar-refractivity contribution is 0.252. The molecule has 7 heteroatoms. The molecule has 2 amide bonds. The Bertz CT molecular complexity index is 522. The second-order valence-corrected chi connectivity index (χ2v) is 4.45. The summed E-state index contributed by atoms with van der Waals surface area (Å²) in [6, 6.07) is 4.49. The number of anilines is 1. The first-order valence-electron chi connectivity index (χ1n) is 5.12. The van der Waals surface area contributed by atoms with Gasteiger partial charge < -0.3 is 10.6 Å². The number of carbonyl (C=O) groups is 1. The summed E-state index contributed by atoms with van der Waals surface area (Å²) >= 11 is 11.6. The maximum absolute atomic E-state index is 11.6. The Kier molecular flexibility index (Phi) is 4.07. The van der Waals surface area contributed by atoms with Gasteiger partial charge in [-0.1, -0.05) is 23.2 Å². The van der Waals surface area contributed by atoms with E-state index in [9.17, 15) is 4.79 Å². The van der Waals surface area contributed by atoms with Crippen LogP contribution in [-0.2, 0) is 6.54 Å². The number of halogens is 2. The fraction of sp³-hybridized carbons (Fsp3) is 0.0909. The van der Waals surface area contributed by atoms with Gasteiger partial charge in [0.1, 0.15) is 0 Å². The second-order valence-electron chi connectivity index (χ2n) is 3.57. The molecule has 0 aliphatic rings. The summed E-state index contributed by atoms with van der Waals surface area (Å²) < 4.78 is 0. The van der Waals surface area contributed by atoms with E-state index in [2.05, 4.69) is 20.8 Å². The highest BCUT2D eigenvalue weighted by Crippen LogP contribution is 2.22. The lowest BCUT2D eigenvalue weighted by Crippen LogP contribution is -2.28. The zero-order chi connectivity index (χ0) is 13.0. The van der Waals surface area contributed by atoms with Crippen molar-refractivity contribution < 1.29 is 4.79 Å². The zero-order valence-electron chi connectivity index (χ0n) is 9.21. The van der Waals surface area contributed by atoms with Gasteiger partial charge in [-0.05, 0) is 18.2 Å². The molecule has 94 valence electrons. The predicted octanol–water partition coefficient (Wildman–Crippen LogP) is 3.04. The molecule has 1 heterocycles. The van der Waals surface area contributed by atoms with E-state index in [1.807, 2.05) is 0 Å². The third kappa shape index (κ3) is 3.65. The lowest BCUT2D eigenvalue weighted by atomic mass is 10.3. The van der Waals surface area contributed by atoms with Gasteiger partial charge >= 0.3 is 6.03 Å². The summed E-state index contributed by atoms with van der Waals surface area (Å²) in [6.07, 6.45) is 3.34. The number of hydrogen-bond acceptors (Lipinski definition) is 2. The number of aromatic nitrogens is 2. The fourth-order valence-corrected chi connectivity index (χ4v) is 1.88. The smallest absolute Gasteiger partial charge is 0.319 e. The Morgan fingerprint density at radius 1 is 1.28 bits per heavy atom. The Morgan fingerprint density at radius 3 is 2.61 bits per heavy atom. The minimum absolute atomic E-state index is 0.338. The predicted molar refractivity (Wildman–Crippen MR) is 70.9 cm³/mol. The molecule has 0 saturated carbocycles. The summed E-state index contributed by atoms with van der Waals surface area (Å²) in [4.78, 5) is 11.6. The van der Waals surface area contributed by atoms with E-state index < -0.39 is 0 Å². The number of aromatic amines is 1. The van der Waals surface area contributed by atoms with Gasteiger partial charge in [-0.25, -0.2) is 4.79 Å². The SMILES string of the molecule is O=C(NCc1cn[nH]c1)Nc1cc(Cl)cc(Cl)c1. The van der Waals surface area contributed by atoms with Crippen molar-refractivity contribution in [1.82, 2.24) is 15.5 Å². The molecular formula is C11H10Cl2N4O. The van der Waals surface area contributed by atoms with Crippen LogP contribution in [0.25, 0.3) is 0 Å². The molecule has 3 N–H and O–H groups in total. The third-order valence-corrected chi connectivity index (χ3v) is 2.56. The Labute approximate surface area is 113 Å². The molecule has 1 aromatic carbocycles. The summed E-state index contributed by atoms with van der Waals surface area (Å²) in [5.74, 6) is 0. The first kappa shape index (κ1) is 12.7. The van der Waals surface area contributed by atoms with E-state index in [1.54, 1.807) is 30.6 Å². The first-order valence-corrected chi connectivity index (χ1v) is 5.88. The van der Waals surface area contributed by atoms with Gasteiger partial charge in [-0.2, -0.15) is 5.10 Å². The molecule has 0 spiro atoms. The number of nitrogens with zero attached hydrogens (tertiary/aromatic N) is 1. The highest BCUT2D eigenvalue weighted by molar-refractivity contribution is 6.35. The van der Waals surface area contributed by atoms with Crippen LogP contribution in [0.15, 0.2) is 30.6 Å². The van der Waals surface area contributed by atoms with Gasteiger partial charge in [0.05, 0.1) is 6.20 Å². The van der Waals surface area contributed by atoms with Crippen molar-refractivity contribution in [2.24, 2.45) is 0 Å². The maximum Gasteiger partial charge on any atom is 0.319 e. The summed E-state index contributed by atoms with van der Waals surface area (Å²) in [6.45, 7) is 0.386. The zero-order valence-corrected chi connectivity index (χ0v) is 10.7. The summed E-state index contributed by atoms with van der Waals surface area (Å²) in [7, 11) is 0. The minimum atomic E-state index is -0.338. The van der Waals surface area contributed by atoms with Crippen LogP contribution >= 0.6 is 23.2 Å². The van der Waals surface area contributed by atoms with Crippen LogP contribution in [0.1, 0.15) is 5.56 Å². The Balaban J connectivity index is 1.90. The summed E-state index contributed by atoms with van der Waals surface area (Å²) in [5, 5.41) is 12.7. The van der Waals surface area contributed by atoms with Crippen molar-refractivity contribution in [3.05, 3.63) is 46.2 Å². The van der Waals surface area contributed by atoms with Gasteiger partial charge in [0, 0.05) is 34.0 Å². The molecule has 0 atom stereocenters. The average molecular weight is 285 g/mol. The van der Waals surface area contributed by atoms with Crippen LogP contribution in [0.5, 0.6) is 0 Å². The number of amides is 2. The molecule has 0 bridgehead atoms. The van der Waals surface area contributed by atoms with E-state index in [4.69, 9.17) is 23.2 Å². The molecule has 1 aromatic heterocycles. The molecule has 0 saturated heterocycles. The lowest BCUT2D eigenvalue weighted by Gasteiger charge is -2.07. The van der Waals surface area contributed by atoms with E-state index >= 15 is 0 Å². The van der Waals surface area contributed by atoms with E-state index in [0.717, 1.165) is 5.56 Å². The molecule has 0 unspecified atom stereocenters. The van der Waals surface area contributed by atoms with Crippen molar-refractivity contribution in [3.8, 4) is 0 Å². The molecule has 2 aromatic rings. The van der Waals surface area contributed by atoms with Gasteiger partial charge in [0.15, 0.2) is 0 Å². The molecule has 5 nitrogen and oxygen atoms in total. The number of urea groups is 1. The number of benzene rings is 1. The van der Waals surface area contributed by atoms with Crippen molar-refractivity contribution in [2.75, 3.05) is 5.32 Å². The average Bonchev–Trinajstić information content (AvgIpc) is 2.77. The normalized spacial score (nSPS) is 10.1. The second kappa shape index (κ2) is 5.75. The Morgan fingerprint density at radius 2 is 2.00 bits per heavy atom. The maximum atomic E-state index is 11.6. The molecule has 0 fully saturated rings. The van der Waals surface area contributed by atoms with Gasteiger partial charge in [-0.15, -0.1) is 0 Å². The number of rotatable bonds is 3. The molecular weight excluding hydrogens is 275 g/mol. The van der Waals surface area contributed by atoms with Crippen LogP contribution in [-0.4, -0.2) is 16.2 Å². The van der Waals surface area contributed by atoms with Crippen molar-refractivity contribution in [3.63, 3.8) is 0 Å². The number of H-pyrrole nitrogens is 1. The van der Waals surface area contributed by atoms with Crippen LogP contribution in [0, 0.1) is 0 Å². The first-order chi connectivity index (χ1) is 8.63. The third-order valence-electron chi connectivity index (χ3n) is 2.13. The summed E-state index contributed by atoms with van der Waals surface area (Å²) in [5.41, 5.74) is 1.42. The van der Waals surface area contributed by atoms with Crippen molar-refractivity contribution in [2.45, 2.75) is 6.54 Å². The van der Waals surface area contributed by atoms with Crippen LogP contribution in [0.4, 0.5) is 10.5 Å². The molecule has 2 rings (SSSR count). The van der Waals surface area contributed by atoms with E-state index in [1.165, 1.54) is 0 Å². The standard InChI is InChI=1S/C11H10Cl2N4O/c12-8-1-9(13)3-10(2-8)17-11(18)14-4-7-5-15-16-6-7/h1-3,5-6H,4H2,(H,15,16)(H2,14,17,18). The fourth-order valence-electron chi connectivity index (χ4n) is 1.36. The van der Waals surface area contributed by atoms with E-state index in [-0.39, 0.29) is 6.03 Å². The molecule has 0 radical (unpaired) electrons. The quantitative estimate of drug-likeness (QED) is 0.811. The number of hydrogen-bond donors (Lipinski definition) is 3.